The monoisotopic (exact) mass is 215 g/mol. The number of pyridine rings is 1. The summed E-state index contributed by atoms with van der Waals surface area (Å²) in [6.45, 7) is 0.521. The molecule has 3 heteroatoms. The van der Waals surface area contributed by atoms with Crippen LogP contribution in [0.2, 0.25) is 0 Å². The van der Waals surface area contributed by atoms with Crippen LogP contribution in [-0.4, -0.2) is 10.1 Å². The first-order valence-corrected chi connectivity index (χ1v) is 5.10. The fourth-order valence-electron chi connectivity index (χ4n) is 1.38. The highest BCUT2D eigenvalue weighted by atomic mass is 16.5. The minimum Gasteiger partial charge on any atom is -0.489 e. The van der Waals surface area contributed by atoms with Crippen molar-refractivity contribution in [1.82, 2.24) is 4.98 Å². The fourth-order valence-corrected chi connectivity index (χ4v) is 1.38. The molecule has 1 aromatic heterocycles. The van der Waals surface area contributed by atoms with E-state index in [-0.39, 0.29) is 6.61 Å². The van der Waals surface area contributed by atoms with Gasteiger partial charge in [0.05, 0.1) is 6.61 Å². The molecule has 0 aliphatic heterocycles. The van der Waals surface area contributed by atoms with Gasteiger partial charge in [-0.1, -0.05) is 18.2 Å². The summed E-state index contributed by atoms with van der Waals surface area (Å²) in [6, 6.07) is 11.3. The summed E-state index contributed by atoms with van der Waals surface area (Å²) in [5.41, 5.74) is 1.88. The Morgan fingerprint density at radius 2 is 2.00 bits per heavy atom. The van der Waals surface area contributed by atoms with Gasteiger partial charge >= 0.3 is 0 Å². The first kappa shape index (κ1) is 10.6. The van der Waals surface area contributed by atoms with Gasteiger partial charge in [-0.05, 0) is 23.8 Å². The lowest BCUT2D eigenvalue weighted by molar-refractivity contribution is 0.278. The van der Waals surface area contributed by atoms with Crippen molar-refractivity contribution in [2.75, 3.05) is 0 Å². The summed E-state index contributed by atoms with van der Waals surface area (Å²) in [4.78, 5) is 4.01. The van der Waals surface area contributed by atoms with Gasteiger partial charge in [0.25, 0.3) is 0 Å². The quantitative estimate of drug-likeness (QED) is 0.849. The number of hydrogen-bond acceptors (Lipinski definition) is 3. The standard InChI is InChI=1S/C13H13NO2/c15-9-11-3-1-5-13(7-11)16-10-12-4-2-6-14-8-12/h1-8,15H,9-10H2. The molecule has 1 heterocycles. The van der Waals surface area contributed by atoms with Crippen molar-refractivity contribution < 1.29 is 9.84 Å². The van der Waals surface area contributed by atoms with Gasteiger partial charge in [0.1, 0.15) is 12.4 Å². The highest BCUT2D eigenvalue weighted by Gasteiger charge is 1.97. The van der Waals surface area contributed by atoms with Crippen LogP contribution in [0.4, 0.5) is 0 Å². The van der Waals surface area contributed by atoms with E-state index >= 15 is 0 Å². The molecule has 0 radical (unpaired) electrons. The summed E-state index contributed by atoms with van der Waals surface area (Å²) in [5, 5.41) is 8.98. The lowest BCUT2D eigenvalue weighted by Crippen LogP contribution is -1.96. The molecular formula is C13H13NO2. The van der Waals surface area contributed by atoms with Crippen LogP contribution in [0.1, 0.15) is 11.1 Å². The number of ether oxygens (including phenoxy) is 1. The van der Waals surface area contributed by atoms with Gasteiger partial charge in [0.2, 0.25) is 0 Å². The van der Waals surface area contributed by atoms with Crippen molar-refractivity contribution in [3.8, 4) is 5.75 Å². The second kappa shape index (κ2) is 5.28. The molecule has 16 heavy (non-hydrogen) atoms. The summed E-state index contributed by atoms with van der Waals surface area (Å²) in [6.07, 6.45) is 3.51. The maximum absolute atomic E-state index is 8.98. The number of benzene rings is 1. The third kappa shape index (κ3) is 2.81. The summed E-state index contributed by atoms with van der Waals surface area (Å²) in [7, 11) is 0. The van der Waals surface area contributed by atoms with Crippen molar-refractivity contribution in [1.29, 1.82) is 0 Å². The van der Waals surface area contributed by atoms with Gasteiger partial charge in [-0.15, -0.1) is 0 Å². The molecule has 3 nitrogen and oxygen atoms in total. The molecule has 2 rings (SSSR count). The maximum Gasteiger partial charge on any atom is 0.120 e. The Morgan fingerprint density at radius 3 is 2.75 bits per heavy atom. The van der Waals surface area contributed by atoms with E-state index in [0.717, 1.165) is 16.9 Å². The molecule has 0 aliphatic rings. The number of rotatable bonds is 4. The van der Waals surface area contributed by atoms with E-state index in [4.69, 9.17) is 9.84 Å². The third-order valence-electron chi connectivity index (χ3n) is 2.21. The predicted molar refractivity (Wildman–Crippen MR) is 60.9 cm³/mol. The highest BCUT2D eigenvalue weighted by molar-refractivity contribution is 5.28. The van der Waals surface area contributed by atoms with Gasteiger partial charge in [-0.3, -0.25) is 4.98 Å². The molecule has 82 valence electrons. The average Bonchev–Trinajstić information content (AvgIpc) is 2.38. The van der Waals surface area contributed by atoms with E-state index in [1.807, 2.05) is 36.4 Å². The Balaban J connectivity index is 1.99. The largest absolute Gasteiger partial charge is 0.489 e. The minimum absolute atomic E-state index is 0.0318. The van der Waals surface area contributed by atoms with E-state index in [1.165, 1.54) is 0 Å². The van der Waals surface area contributed by atoms with Crippen LogP contribution in [0.3, 0.4) is 0 Å². The van der Waals surface area contributed by atoms with Crippen molar-refractivity contribution in [3.05, 3.63) is 59.9 Å². The molecule has 2 aromatic rings. The molecule has 0 saturated carbocycles. The van der Waals surface area contributed by atoms with Gasteiger partial charge in [0, 0.05) is 18.0 Å². The third-order valence-corrected chi connectivity index (χ3v) is 2.21. The molecule has 0 atom stereocenters. The first-order chi connectivity index (χ1) is 7.88. The van der Waals surface area contributed by atoms with Crippen LogP contribution in [-0.2, 0) is 13.2 Å². The van der Waals surface area contributed by atoms with Crippen molar-refractivity contribution >= 4 is 0 Å². The highest BCUT2D eigenvalue weighted by Crippen LogP contribution is 2.14. The topological polar surface area (TPSA) is 42.4 Å². The zero-order chi connectivity index (χ0) is 11.2. The summed E-state index contributed by atoms with van der Waals surface area (Å²) in [5.74, 6) is 0.760. The van der Waals surface area contributed by atoms with E-state index < -0.39 is 0 Å². The average molecular weight is 215 g/mol. The van der Waals surface area contributed by atoms with E-state index in [1.54, 1.807) is 12.4 Å². The molecular weight excluding hydrogens is 202 g/mol. The molecule has 0 bridgehead atoms. The van der Waals surface area contributed by atoms with Crippen LogP contribution < -0.4 is 4.74 Å². The molecule has 0 saturated heterocycles. The Morgan fingerprint density at radius 1 is 1.12 bits per heavy atom. The van der Waals surface area contributed by atoms with E-state index in [0.29, 0.717) is 6.61 Å². The number of hydrogen-bond donors (Lipinski definition) is 1. The Kier molecular flexibility index (Phi) is 3.51. The zero-order valence-corrected chi connectivity index (χ0v) is 8.84. The Bertz CT molecular complexity index is 443. The van der Waals surface area contributed by atoms with E-state index in [9.17, 15) is 0 Å². The molecule has 0 unspecified atom stereocenters. The van der Waals surface area contributed by atoms with Gasteiger partial charge < -0.3 is 9.84 Å². The van der Waals surface area contributed by atoms with Crippen molar-refractivity contribution in [2.24, 2.45) is 0 Å². The Hall–Kier alpha value is -1.87. The smallest absolute Gasteiger partial charge is 0.120 e. The van der Waals surface area contributed by atoms with Crippen LogP contribution in [0.15, 0.2) is 48.8 Å². The van der Waals surface area contributed by atoms with E-state index in [2.05, 4.69) is 4.98 Å². The lowest BCUT2D eigenvalue weighted by Gasteiger charge is -2.06. The zero-order valence-electron chi connectivity index (χ0n) is 8.84. The maximum atomic E-state index is 8.98. The molecule has 0 amide bonds. The summed E-state index contributed by atoms with van der Waals surface area (Å²) < 4.78 is 5.58. The van der Waals surface area contributed by atoms with Crippen LogP contribution in [0.25, 0.3) is 0 Å². The van der Waals surface area contributed by atoms with Gasteiger partial charge in [-0.25, -0.2) is 0 Å². The predicted octanol–water partition coefficient (Wildman–Crippen LogP) is 2.15. The van der Waals surface area contributed by atoms with Gasteiger partial charge in [-0.2, -0.15) is 0 Å². The lowest BCUT2D eigenvalue weighted by atomic mass is 10.2. The molecule has 0 aliphatic carbocycles. The summed E-state index contributed by atoms with van der Waals surface area (Å²) >= 11 is 0. The number of aliphatic hydroxyl groups is 1. The van der Waals surface area contributed by atoms with Gasteiger partial charge in [0.15, 0.2) is 0 Å². The minimum atomic E-state index is 0.0318. The normalized spacial score (nSPS) is 10.1. The first-order valence-electron chi connectivity index (χ1n) is 5.10. The SMILES string of the molecule is OCc1cccc(OCc2cccnc2)c1. The molecule has 1 N–H and O–H groups in total. The number of nitrogens with zero attached hydrogens (tertiary/aromatic N) is 1. The second-order valence-electron chi connectivity index (χ2n) is 3.46. The second-order valence-corrected chi connectivity index (χ2v) is 3.46. The fraction of sp³-hybridized carbons (Fsp3) is 0.154. The number of aliphatic hydroxyl groups excluding tert-OH is 1. The van der Waals surface area contributed by atoms with Crippen LogP contribution in [0, 0.1) is 0 Å². The van der Waals surface area contributed by atoms with Crippen molar-refractivity contribution in [2.45, 2.75) is 13.2 Å². The molecule has 0 fully saturated rings. The van der Waals surface area contributed by atoms with Crippen LogP contribution in [0.5, 0.6) is 5.75 Å². The van der Waals surface area contributed by atoms with Crippen molar-refractivity contribution in [3.63, 3.8) is 0 Å². The van der Waals surface area contributed by atoms with Crippen LogP contribution >= 0.6 is 0 Å². The number of aromatic nitrogens is 1. The molecule has 1 aromatic carbocycles. The Labute approximate surface area is 94.3 Å². The molecule has 0 spiro atoms.